The Morgan fingerprint density at radius 3 is 3.00 bits per heavy atom. The Kier molecular flexibility index (Phi) is 4.68. The molecular weight excluding hydrogens is 302 g/mol. The second-order valence-corrected chi connectivity index (χ2v) is 6.12. The smallest absolute Gasteiger partial charge is 0.236 e. The summed E-state index contributed by atoms with van der Waals surface area (Å²) in [7, 11) is 0. The Balaban J connectivity index is 1.89. The van der Waals surface area contributed by atoms with Crippen LogP contribution in [0.1, 0.15) is 5.69 Å². The van der Waals surface area contributed by atoms with Gasteiger partial charge in [-0.05, 0) is 25.1 Å². The molecule has 1 aromatic heterocycles. The maximum Gasteiger partial charge on any atom is 0.236 e. The molecular formula is C12H12ClN3OS2. The van der Waals surface area contributed by atoms with Crippen molar-refractivity contribution in [1.29, 1.82) is 0 Å². The van der Waals surface area contributed by atoms with Gasteiger partial charge in [-0.1, -0.05) is 11.6 Å². The van der Waals surface area contributed by atoms with Crippen LogP contribution in [0, 0.1) is 6.92 Å². The van der Waals surface area contributed by atoms with E-state index in [1.54, 1.807) is 12.1 Å². The fourth-order valence-electron chi connectivity index (χ4n) is 1.36. The summed E-state index contributed by atoms with van der Waals surface area (Å²) in [6.07, 6.45) is 0. The molecule has 3 N–H and O–H groups in total. The van der Waals surface area contributed by atoms with Crippen LogP contribution in [-0.4, -0.2) is 16.6 Å². The first-order chi connectivity index (χ1) is 9.04. The monoisotopic (exact) mass is 313 g/mol. The van der Waals surface area contributed by atoms with Gasteiger partial charge in [0.15, 0.2) is 5.13 Å². The largest absolute Gasteiger partial charge is 0.398 e. The predicted molar refractivity (Wildman–Crippen MR) is 82.1 cm³/mol. The zero-order chi connectivity index (χ0) is 13.8. The van der Waals surface area contributed by atoms with Gasteiger partial charge in [-0.2, -0.15) is 0 Å². The van der Waals surface area contributed by atoms with Crippen molar-refractivity contribution in [3.05, 3.63) is 34.3 Å². The van der Waals surface area contributed by atoms with Crippen LogP contribution < -0.4 is 11.1 Å². The predicted octanol–water partition coefficient (Wildman–Crippen LogP) is 3.42. The molecule has 0 radical (unpaired) electrons. The lowest BCUT2D eigenvalue weighted by molar-refractivity contribution is -0.113. The third-order valence-corrected chi connectivity index (χ3v) is 4.40. The van der Waals surface area contributed by atoms with Crippen LogP contribution in [0.3, 0.4) is 0 Å². The van der Waals surface area contributed by atoms with Gasteiger partial charge in [-0.25, -0.2) is 4.98 Å². The molecule has 0 fully saturated rings. The molecule has 0 saturated heterocycles. The number of aryl methyl sites for hydroxylation is 1. The first kappa shape index (κ1) is 14.2. The Labute approximate surface area is 124 Å². The van der Waals surface area contributed by atoms with E-state index in [2.05, 4.69) is 10.3 Å². The molecule has 0 saturated carbocycles. The minimum Gasteiger partial charge on any atom is -0.398 e. The first-order valence-corrected chi connectivity index (χ1v) is 7.69. The topological polar surface area (TPSA) is 68.0 Å². The van der Waals surface area contributed by atoms with E-state index in [1.807, 2.05) is 18.4 Å². The number of carbonyl (C=O) groups is 1. The molecule has 2 rings (SSSR count). The molecule has 0 atom stereocenters. The third-order valence-electron chi connectivity index (χ3n) is 2.20. The summed E-state index contributed by atoms with van der Waals surface area (Å²) in [5, 5.41) is 5.84. The van der Waals surface area contributed by atoms with Crippen LogP contribution in [0.15, 0.2) is 28.5 Å². The number of amides is 1. The van der Waals surface area contributed by atoms with Gasteiger partial charge < -0.3 is 11.1 Å². The highest BCUT2D eigenvalue weighted by atomic mass is 35.5. The van der Waals surface area contributed by atoms with Gasteiger partial charge in [0, 0.05) is 21.0 Å². The number of anilines is 2. The van der Waals surface area contributed by atoms with Gasteiger partial charge in [0.05, 0.1) is 11.4 Å². The number of nitrogens with two attached hydrogens (primary N) is 1. The summed E-state index contributed by atoms with van der Waals surface area (Å²) in [6, 6.07) is 5.23. The lowest BCUT2D eigenvalue weighted by atomic mass is 10.3. The van der Waals surface area contributed by atoms with Crippen molar-refractivity contribution in [3.63, 3.8) is 0 Å². The van der Waals surface area contributed by atoms with E-state index in [9.17, 15) is 4.79 Å². The van der Waals surface area contributed by atoms with Crippen molar-refractivity contribution < 1.29 is 4.79 Å². The number of nitrogens with one attached hydrogen (secondary N) is 1. The molecule has 0 aliphatic heterocycles. The average Bonchev–Trinajstić information content (AvgIpc) is 2.73. The molecule has 0 bridgehead atoms. The number of aromatic nitrogens is 1. The molecule has 0 aliphatic carbocycles. The lowest BCUT2D eigenvalue weighted by Crippen LogP contribution is -2.13. The molecule has 0 aliphatic rings. The van der Waals surface area contributed by atoms with E-state index in [4.69, 9.17) is 17.3 Å². The molecule has 1 aromatic carbocycles. The highest BCUT2D eigenvalue weighted by molar-refractivity contribution is 8.00. The maximum atomic E-state index is 11.7. The van der Waals surface area contributed by atoms with Gasteiger partial charge in [0.25, 0.3) is 0 Å². The van der Waals surface area contributed by atoms with E-state index >= 15 is 0 Å². The number of hydrogen-bond acceptors (Lipinski definition) is 5. The van der Waals surface area contributed by atoms with Crippen LogP contribution >= 0.6 is 34.7 Å². The number of thiazole rings is 1. The Bertz CT molecular complexity index is 600. The van der Waals surface area contributed by atoms with E-state index in [1.165, 1.54) is 23.1 Å². The molecule has 0 spiro atoms. The van der Waals surface area contributed by atoms with Gasteiger partial charge >= 0.3 is 0 Å². The highest BCUT2D eigenvalue weighted by Crippen LogP contribution is 2.27. The van der Waals surface area contributed by atoms with Crippen LogP contribution in [-0.2, 0) is 4.79 Å². The lowest BCUT2D eigenvalue weighted by Gasteiger charge is -2.05. The van der Waals surface area contributed by atoms with Gasteiger partial charge in [-0.3, -0.25) is 4.79 Å². The first-order valence-electron chi connectivity index (χ1n) is 5.44. The standard InChI is InChI=1S/C12H12ClN3OS2/c1-7-5-19-12(15-7)16-11(17)6-18-10-3-2-8(13)4-9(10)14/h2-5H,6,14H2,1H3,(H,15,16,17). The SMILES string of the molecule is Cc1csc(NC(=O)CSc2ccc(Cl)cc2N)n1. The summed E-state index contributed by atoms with van der Waals surface area (Å²) in [6.45, 7) is 1.88. The Morgan fingerprint density at radius 2 is 2.37 bits per heavy atom. The summed E-state index contributed by atoms with van der Waals surface area (Å²) in [5.41, 5.74) is 7.29. The Morgan fingerprint density at radius 1 is 1.58 bits per heavy atom. The fraction of sp³-hybridized carbons (Fsp3) is 0.167. The van der Waals surface area contributed by atoms with E-state index < -0.39 is 0 Å². The van der Waals surface area contributed by atoms with Crippen molar-refractivity contribution in [2.75, 3.05) is 16.8 Å². The minimum atomic E-state index is -0.103. The number of rotatable bonds is 4. The second-order valence-electron chi connectivity index (χ2n) is 3.81. The van der Waals surface area contributed by atoms with Crippen molar-refractivity contribution in [1.82, 2.24) is 4.98 Å². The number of halogens is 1. The quantitative estimate of drug-likeness (QED) is 0.670. The van der Waals surface area contributed by atoms with Crippen molar-refractivity contribution in [2.45, 2.75) is 11.8 Å². The van der Waals surface area contributed by atoms with E-state index in [0.29, 0.717) is 15.8 Å². The van der Waals surface area contributed by atoms with E-state index in [0.717, 1.165) is 10.6 Å². The number of thioether (sulfide) groups is 1. The summed E-state index contributed by atoms with van der Waals surface area (Å²) in [5.74, 6) is 0.179. The highest BCUT2D eigenvalue weighted by Gasteiger charge is 2.08. The fourth-order valence-corrected chi connectivity index (χ4v) is 2.99. The number of nitrogens with zero attached hydrogens (tertiary/aromatic N) is 1. The van der Waals surface area contributed by atoms with Crippen molar-refractivity contribution in [3.8, 4) is 0 Å². The normalized spacial score (nSPS) is 10.4. The van der Waals surface area contributed by atoms with Gasteiger partial charge in [0.2, 0.25) is 5.91 Å². The summed E-state index contributed by atoms with van der Waals surface area (Å²) < 4.78 is 0. The minimum absolute atomic E-state index is 0.103. The third kappa shape index (κ3) is 4.12. The zero-order valence-electron chi connectivity index (χ0n) is 10.1. The average molecular weight is 314 g/mol. The van der Waals surface area contributed by atoms with Crippen molar-refractivity contribution in [2.24, 2.45) is 0 Å². The van der Waals surface area contributed by atoms with E-state index in [-0.39, 0.29) is 11.7 Å². The molecule has 4 nitrogen and oxygen atoms in total. The number of hydrogen-bond donors (Lipinski definition) is 2. The Hall–Kier alpha value is -1.24. The second kappa shape index (κ2) is 6.27. The molecule has 100 valence electrons. The van der Waals surface area contributed by atoms with Crippen LogP contribution in [0.4, 0.5) is 10.8 Å². The van der Waals surface area contributed by atoms with Crippen LogP contribution in [0.5, 0.6) is 0 Å². The molecule has 19 heavy (non-hydrogen) atoms. The maximum absolute atomic E-state index is 11.7. The summed E-state index contributed by atoms with van der Waals surface area (Å²) in [4.78, 5) is 16.8. The summed E-state index contributed by atoms with van der Waals surface area (Å²) >= 11 is 8.60. The molecule has 1 heterocycles. The van der Waals surface area contributed by atoms with Crippen molar-refractivity contribution >= 4 is 51.4 Å². The number of benzene rings is 1. The van der Waals surface area contributed by atoms with Crippen LogP contribution in [0.25, 0.3) is 0 Å². The molecule has 0 unspecified atom stereocenters. The number of nitrogen functional groups attached to an aromatic ring is 1. The molecule has 7 heteroatoms. The van der Waals surface area contributed by atoms with Crippen LogP contribution in [0.2, 0.25) is 5.02 Å². The van der Waals surface area contributed by atoms with Gasteiger partial charge in [-0.15, -0.1) is 23.1 Å². The number of carbonyl (C=O) groups excluding carboxylic acids is 1. The molecule has 1 amide bonds. The molecule has 2 aromatic rings. The van der Waals surface area contributed by atoms with Gasteiger partial charge in [0.1, 0.15) is 0 Å². The zero-order valence-corrected chi connectivity index (χ0v) is 12.5.